The van der Waals surface area contributed by atoms with Crippen molar-refractivity contribution in [2.75, 3.05) is 13.6 Å². The second-order valence-electron chi connectivity index (χ2n) is 3.90. The second kappa shape index (κ2) is 6.29. The third kappa shape index (κ3) is 3.39. The number of aliphatic hydroxyl groups excluding tert-OH is 2. The molecule has 2 atom stereocenters. The molecule has 100 valence electrons. The molecule has 1 aromatic rings. The lowest BCUT2D eigenvalue weighted by molar-refractivity contribution is -0.386. The number of hydrogen-bond donors (Lipinski definition) is 4. The molecular formula is C11H16N2O5. The molecule has 0 spiro atoms. The van der Waals surface area contributed by atoms with Crippen molar-refractivity contribution >= 4 is 5.69 Å². The lowest BCUT2D eigenvalue weighted by atomic mass is 10.00. The minimum atomic E-state index is -1.36. The summed E-state index contributed by atoms with van der Waals surface area (Å²) in [6.45, 7) is 0.476. The lowest BCUT2D eigenvalue weighted by Crippen LogP contribution is -2.23. The molecule has 7 heteroatoms. The van der Waals surface area contributed by atoms with Crippen LogP contribution in [0.25, 0.3) is 0 Å². The fourth-order valence-electron chi connectivity index (χ4n) is 1.60. The van der Waals surface area contributed by atoms with Gasteiger partial charge in [0, 0.05) is 0 Å². The molecule has 0 heterocycles. The number of nitro benzene ring substituents is 1. The van der Waals surface area contributed by atoms with Crippen LogP contribution in [0.5, 0.6) is 5.75 Å². The second-order valence-corrected chi connectivity index (χ2v) is 3.90. The van der Waals surface area contributed by atoms with Gasteiger partial charge in [0.15, 0.2) is 0 Å². The van der Waals surface area contributed by atoms with Gasteiger partial charge in [0.2, 0.25) is 0 Å². The Morgan fingerprint density at radius 3 is 2.67 bits per heavy atom. The summed E-state index contributed by atoms with van der Waals surface area (Å²) in [6.07, 6.45) is -2.21. The molecule has 0 aliphatic carbocycles. The molecule has 18 heavy (non-hydrogen) atoms. The molecule has 0 radical (unpaired) electrons. The number of nitro groups is 1. The van der Waals surface area contributed by atoms with Gasteiger partial charge in [-0.15, -0.1) is 0 Å². The van der Waals surface area contributed by atoms with E-state index in [9.17, 15) is 25.4 Å². The number of benzene rings is 1. The minimum absolute atomic E-state index is 0.0126. The Bertz CT molecular complexity index is 424. The summed E-state index contributed by atoms with van der Waals surface area (Å²) in [5.41, 5.74) is -0.424. The maximum absolute atomic E-state index is 10.8. The standard InChI is InChI=1S/C11H16N2O5/c1-12-5-4-10(15)11(16)8-3-2-7(14)6-9(8)13(17)18/h2-3,6,10-12,14-16H,4-5H2,1H3. The fraction of sp³-hybridized carbons (Fsp3) is 0.455. The van der Waals surface area contributed by atoms with Crippen molar-refractivity contribution in [2.24, 2.45) is 0 Å². The van der Waals surface area contributed by atoms with E-state index < -0.39 is 22.8 Å². The molecule has 0 aliphatic rings. The Hall–Kier alpha value is -1.70. The Morgan fingerprint density at radius 1 is 1.44 bits per heavy atom. The third-order valence-electron chi connectivity index (χ3n) is 2.58. The van der Waals surface area contributed by atoms with Gasteiger partial charge >= 0.3 is 0 Å². The lowest BCUT2D eigenvalue weighted by Gasteiger charge is -2.18. The van der Waals surface area contributed by atoms with Crippen LogP contribution in [0, 0.1) is 10.1 Å². The van der Waals surface area contributed by atoms with Gasteiger partial charge in [-0.3, -0.25) is 10.1 Å². The smallest absolute Gasteiger partial charge is 0.278 e. The maximum Gasteiger partial charge on any atom is 0.278 e. The molecule has 2 unspecified atom stereocenters. The molecule has 0 fully saturated rings. The molecular weight excluding hydrogens is 240 g/mol. The van der Waals surface area contributed by atoms with Gasteiger partial charge < -0.3 is 20.6 Å². The highest BCUT2D eigenvalue weighted by molar-refractivity contribution is 5.47. The highest BCUT2D eigenvalue weighted by atomic mass is 16.6. The van der Waals surface area contributed by atoms with Gasteiger partial charge in [-0.1, -0.05) is 0 Å². The van der Waals surface area contributed by atoms with E-state index in [1.54, 1.807) is 7.05 Å². The summed E-state index contributed by atoms with van der Waals surface area (Å²) in [6, 6.07) is 3.42. The molecule has 0 amide bonds. The molecule has 4 N–H and O–H groups in total. The fourth-order valence-corrected chi connectivity index (χ4v) is 1.60. The monoisotopic (exact) mass is 256 g/mol. The van der Waals surface area contributed by atoms with Crippen LogP contribution >= 0.6 is 0 Å². The van der Waals surface area contributed by atoms with Crippen molar-refractivity contribution in [2.45, 2.75) is 18.6 Å². The first-order chi connectivity index (χ1) is 8.47. The maximum atomic E-state index is 10.8. The quantitative estimate of drug-likeness (QED) is 0.430. The van der Waals surface area contributed by atoms with Gasteiger partial charge in [0.25, 0.3) is 5.69 Å². The van der Waals surface area contributed by atoms with Crippen molar-refractivity contribution < 1.29 is 20.2 Å². The van der Waals surface area contributed by atoms with Crippen molar-refractivity contribution in [3.8, 4) is 5.75 Å². The SMILES string of the molecule is CNCCC(O)C(O)c1ccc(O)cc1[N+](=O)[O-]. The highest BCUT2D eigenvalue weighted by Crippen LogP contribution is 2.31. The first-order valence-electron chi connectivity index (χ1n) is 5.45. The minimum Gasteiger partial charge on any atom is -0.508 e. The van der Waals surface area contributed by atoms with Gasteiger partial charge in [0.1, 0.15) is 11.9 Å². The van der Waals surface area contributed by atoms with E-state index in [0.29, 0.717) is 6.54 Å². The van der Waals surface area contributed by atoms with Crippen LogP contribution < -0.4 is 5.32 Å². The highest BCUT2D eigenvalue weighted by Gasteiger charge is 2.26. The van der Waals surface area contributed by atoms with Crippen LogP contribution in [0.4, 0.5) is 5.69 Å². The summed E-state index contributed by atoms with van der Waals surface area (Å²) >= 11 is 0. The number of hydrogen-bond acceptors (Lipinski definition) is 6. The number of nitrogens with one attached hydrogen (secondary N) is 1. The van der Waals surface area contributed by atoms with E-state index in [-0.39, 0.29) is 17.7 Å². The van der Waals surface area contributed by atoms with E-state index in [2.05, 4.69) is 5.32 Å². The van der Waals surface area contributed by atoms with Crippen LogP contribution in [0.15, 0.2) is 18.2 Å². The van der Waals surface area contributed by atoms with Crippen molar-refractivity contribution in [3.05, 3.63) is 33.9 Å². The number of phenols is 1. The summed E-state index contributed by atoms with van der Waals surface area (Å²) < 4.78 is 0. The zero-order chi connectivity index (χ0) is 13.7. The topological polar surface area (TPSA) is 116 Å². The van der Waals surface area contributed by atoms with Crippen LogP contribution in [0.3, 0.4) is 0 Å². The van der Waals surface area contributed by atoms with Crippen molar-refractivity contribution in [1.82, 2.24) is 5.32 Å². The van der Waals surface area contributed by atoms with Gasteiger partial charge in [-0.25, -0.2) is 0 Å². The average Bonchev–Trinajstić information content (AvgIpc) is 2.34. The Labute approximate surface area is 104 Å². The predicted molar refractivity (Wildman–Crippen MR) is 64.3 cm³/mol. The first-order valence-corrected chi connectivity index (χ1v) is 5.45. The Kier molecular flexibility index (Phi) is 5.02. The zero-order valence-electron chi connectivity index (χ0n) is 9.91. The van der Waals surface area contributed by atoms with Crippen molar-refractivity contribution in [1.29, 1.82) is 0 Å². The van der Waals surface area contributed by atoms with Crippen LogP contribution in [0.2, 0.25) is 0 Å². The van der Waals surface area contributed by atoms with Gasteiger partial charge in [0.05, 0.1) is 22.7 Å². The molecule has 0 saturated carbocycles. The van der Waals surface area contributed by atoms with E-state index in [1.807, 2.05) is 0 Å². The molecule has 0 bridgehead atoms. The van der Waals surface area contributed by atoms with Crippen LogP contribution in [0.1, 0.15) is 18.1 Å². The molecule has 0 aliphatic heterocycles. The van der Waals surface area contributed by atoms with Crippen LogP contribution in [-0.4, -0.2) is 39.9 Å². The van der Waals surface area contributed by atoms with Gasteiger partial charge in [-0.2, -0.15) is 0 Å². The van der Waals surface area contributed by atoms with Gasteiger partial charge in [-0.05, 0) is 32.1 Å². The number of phenolic OH excluding ortho intramolecular Hbond substituents is 1. The summed E-state index contributed by atoms with van der Waals surface area (Å²) in [5, 5.41) is 42.4. The number of aliphatic hydroxyl groups is 2. The third-order valence-corrected chi connectivity index (χ3v) is 2.58. The summed E-state index contributed by atoms with van der Waals surface area (Å²) in [7, 11) is 1.70. The molecule has 0 aromatic heterocycles. The molecule has 0 saturated heterocycles. The number of nitrogens with zero attached hydrogens (tertiary/aromatic N) is 1. The Balaban J connectivity index is 2.97. The molecule has 7 nitrogen and oxygen atoms in total. The van der Waals surface area contributed by atoms with E-state index >= 15 is 0 Å². The van der Waals surface area contributed by atoms with E-state index in [1.165, 1.54) is 12.1 Å². The zero-order valence-corrected chi connectivity index (χ0v) is 9.91. The number of aromatic hydroxyl groups is 1. The first kappa shape index (κ1) is 14.4. The number of rotatable bonds is 6. The summed E-state index contributed by atoms with van der Waals surface area (Å²) in [5.74, 6) is -0.262. The van der Waals surface area contributed by atoms with Crippen LogP contribution in [-0.2, 0) is 0 Å². The largest absolute Gasteiger partial charge is 0.508 e. The molecule has 1 rings (SSSR count). The van der Waals surface area contributed by atoms with E-state index in [4.69, 9.17) is 0 Å². The predicted octanol–water partition coefficient (Wildman–Crippen LogP) is 0.304. The normalized spacial score (nSPS) is 14.2. The molecule has 1 aromatic carbocycles. The Morgan fingerprint density at radius 2 is 2.11 bits per heavy atom. The van der Waals surface area contributed by atoms with E-state index in [0.717, 1.165) is 6.07 Å². The van der Waals surface area contributed by atoms with Crippen molar-refractivity contribution in [3.63, 3.8) is 0 Å². The average molecular weight is 256 g/mol. The summed E-state index contributed by atoms with van der Waals surface area (Å²) in [4.78, 5) is 10.1.